The average molecular weight is 949 g/mol. The molecule has 0 atom stereocenters. The predicted octanol–water partition coefficient (Wildman–Crippen LogP) is 5.03. The molecule has 0 aliphatic rings. The second-order valence-electron chi connectivity index (χ2n) is 12.4. The van der Waals surface area contributed by atoms with E-state index in [0.717, 1.165) is 18.2 Å². The van der Waals surface area contributed by atoms with Crippen LogP contribution in [0.3, 0.4) is 0 Å². The molecule has 62 heavy (non-hydrogen) atoms. The molecule has 0 amide bonds. The summed E-state index contributed by atoms with van der Waals surface area (Å²) < 4.78 is 160. The molecule has 6 aromatic rings. The van der Waals surface area contributed by atoms with Crippen molar-refractivity contribution in [3.05, 3.63) is 126 Å². The number of aromatic nitrogens is 3. The van der Waals surface area contributed by atoms with Gasteiger partial charge in [0, 0.05) is 23.6 Å². The lowest BCUT2D eigenvalue weighted by Crippen LogP contribution is -2.17. The summed E-state index contributed by atoms with van der Waals surface area (Å²) in [5.41, 5.74) is 1.29. The lowest BCUT2D eigenvalue weighted by molar-refractivity contribution is 0.480. The van der Waals surface area contributed by atoms with E-state index in [9.17, 15) is 51.9 Å². The summed E-state index contributed by atoms with van der Waals surface area (Å²) in [5, 5.41) is 18.1. The average Bonchev–Trinajstić information content (AvgIpc) is 3.17. The van der Waals surface area contributed by atoms with E-state index in [1.165, 1.54) is 42.5 Å². The van der Waals surface area contributed by atoms with Crippen molar-refractivity contribution in [1.82, 2.24) is 15.0 Å². The fourth-order valence-electron chi connectivity index (χ4n) is 5.42. The molecule has 0 aliphatic heterocycles. The lowest BCUT2D eigenvalue weighted by Gasteiger charge is -2.11. The summed E-state index contributed by atoms with van der Waals surface area (Å²) in [6, 6.07) is 24.4. The lowest BCUT2D eigenvalue weighted by atomic mass is 10.1. The SMILES string of the molecule is O=S(=O)(O)CNc1nc(Cc2ccc(N=Nc3cc(S(=O)(=O)O)c4cccc(S(=O)(=O)O)c4c3)cc2)nc(Cc2ccc(N=Nc3ccccc3)cc2S(=O)(=O)O)n1.O=S(=O)=O. The number of anilines is 1. The first kappa shape index (κ1) is 46.7. The Morgan fingerprint density at radius 3 is 1.60 bits per heavy atom. The van der Waals surface area contributed by atoms with E-state index < -0.39 is 71.6 Å². The largest absolute Gasteiger partial charge is 0.425 e. The minimum absolute atomic E-state index is 0.00172. The van der Waals surface area contributed by atoms with E-state index in [4.69, 9.17) is 12.6 Å². The van der Waals surface area contributed by atoms with Crippen molar-refractivity contribution in [2.45, 2.75) is 27.5 Å². The molecule has 23 nitrogen and oxygen atoms in total. The standard InChI is InChI=1S/C34H28N8O12S4.O3S/c43-55(44,45)20-35-34-37-32(36-33(38-34)16-22-11-14-25(18-30(22)57(49,50)51)41-39-23-5-2-1-3-6-23)15-21-9-12-24(13-10-21)40-42-26-17-28-27(31(19-26)58(52,53)54)7-4-8-29(28)56(46,47)48;1-4(2)3/h1-14,17-19H,15-16,20H2,(H,43,44,45)(H,46,47,48)(H,49,50,51)(H,52,53,54)(H,35,36,37,38);. The highest BCUT2D eigenvalue weighted by Crippen LogP contribution is 2.34. The molecule has 1 aromatic heterocycles. The number of nitrogens with zero attached hydrogens (tertiary/aromatic N) is 7. The van der Waals surface area contributed by atoms with Crippen LogP contribution in [0.1, 0.15) is 22.8 Å². The van der Waals surface area contributed by atoms with Gasteiger partial charge >= 0.3 is 10.6 Å². The molecule has 5 N–H and O–H groups in total. The molecule has 0 bridgehead atoms. The molecule has 0 saturated carbocycles. The van der Waals surface area contributed by atoms with Crippen molar-refractivity contribution in [3.63, 3.8) is 0 Å². The Hall–Kier alpha value is -6.37. The van der Waals surface area contributed by atoms with Crippen LogP contribution in [0.5, 0.6) is 0 Å². The Morgan fingerprint density at radius 2 is 1.02 bits per heavy atom. The van der Waals surface area contributed by atoms with Crippen molar-refractivity contribution in [1.29, 1.82) is 0 Å². The van der Waals surface area contributed by atoms with Gasteiger partial charge in [0.2, 0.25) is 5.95 Å². The van der Waals surface area contributed by atoms with Gasteiger partial charge in [-0.25, -0.2) is 4.98 Å². The second-order valence-corrected chi connectivity index (χ2v) is 18.4. The van der Waals surface area contributed by atoms with E-state index in [-0.39, 0.29) is 63.8 Å². The third-order valence-electron chi connectivity index (χ3n) is 7.89. The molecular formula is C34H28N8O15S5. The molecule has 0 saturated heterocycles. The van der Waals surface area contributed by atoms with Gasteiger partial charge in [0.1, 0.15) is 27.3 Å². The van der Waals surface area contributed by atoms with Crippen LogP contribution in [0.15, 0.2) is 138 Å². The minimum atomic E-state index is -4.88. The first-order chi connectivity index (χ1) is 28.9. The van der Waals surface area contributed by atoms with Crippen molar-refractivity contribution in [2.75, 3.05) is 11.2 Å². The molecule has 28 heteroatoms. The van der Waals surface area contributed by atoms with Crippen LogP contribution in [-0.4, -0.2) is 85.3 Å². The zero-order valence-corrected chi connectivity index (χ0v) is 35.0. The second kappa shape index (κ2) is 19.1. The molecule has 6 rings (SSSR count). The fourth-order valence-corrected chi connectivity index (χ4v) is 7.89. The van der Waals surface area contributed by atoms with Crippen molar-refractivity contribution in [3.8, 4) is 0 Å². The van der Waals surface area contributed by atoms with Gasteiger partial charge in [0.25, 0.3) is 40.5 Å². The first-order valence-corrected chi connectivity index (χ1v) is 23.7. The summed E-state index contributed by atoms with van der Waals surface area (Å²) >= 11 is 0. The topological polar surface area (TPSA) is 369 Å². The Labute approximate surface area is 353 Å². The van der Waals surface area contributed by atoms with E-state index >= 15 is 0 Å². The maximum atomic E-state index is 12.4. The smallest absolute Gasteiger partial charge is 0.338 e. The van der Waals surface area contributed by atoms with Crippen molar-refractivity contribution < 1.29 is 64.5 Å². The zero-order valence-electron chi connectivity index (χ0n) is 30.9. The van der Waals surface area contributed by atoms with Gasteiger partial charge in [-0.3, -0.25) is 18.2 Å². The number of benzene rings is 5. The summed E-state index contributed by atoms with van der Waals surface area (Å²) in [6.45, 7) is 0. The molecule has 324 valence electrons. The molecule has 0 fully saturated rings. The number of fused-ring (bicyclic) bond motifs is 1. The van der Waals surface area contributed by atoms with Crippen LogP contribution >= 0.6 is 0 Å². The van der Waals surface area contributed by atoms with E-state index in [1.54, 1.807) is 42.5 Å². The Balaban J connectivity index is 0.00000174. The van der Waals surface area contributed by atoms with Crippen LogP contribution in [0.25, 0.3) is 10.8 Å². The highest BCUT2D eigenvalue weighted by Gasteiger charge is 2.22. The number of nitrogens with one attached hydrogen (secondary N) is 1. The predicted molar refractivity (Wildman–Crippen MR) is 216 cm³/mol. The summed E-state index contributed by atoms with van der Waals surface area (Å²) in [4.78, 5) is 11.0. The van der Waals surface area contributed by atoms with Crippen molar-refractivity contribution in [2.24, 2.45) is 20.5 Å². The van der Waals surface area contributed by atoms with Crippen molar-refractivity contribution >= 4 is 90.6 Å². The van der Waals surface area contributed by atoms with Crippen LogP contribution in [0, 0.1) is 0 Å². The third kappa shape index (κ3) is 13.6. The summed E-state index contributed by atoms with van der Waals surface area (Å²) in [6.07, 6.45) is -0.293. The van der Waals surface area contributed by atoms with Crippen LogP contribution < -0.4 is 5.32 Å². The molecule has 0 unspecified atom stereocenters. The molecule has 0 spiro atoms. The molecule has 1 heterocycles. The maximum Gasteiger partial charge on any atom is 0.425 e. The minimum Gasteiger partial charge on any atom is -0.338 e. The van der Waals surface area contributed by atoms with Gasteiger partial charge in [0.15, 0.2) is 0 Å². The molecule has 0 radical (unpaired) electrons. The Kier molecular flexibility index (Phi) is 14.4. The Bertz CT molecular complexity index is 3300. The van der Waals surface area contributed by atoms with Crippen LogP contribution in [0.2, 0.25) is 0 Å². The number of hydrogen-bond donors (Lipinski definition) is 5. The number of rotatable bonds is 14. The van der Waals surface area contributed by atoms with E-state index in [1.807, 2.05) is 0 Å². The van der Waals surface area contributed by atoms with Gasteiger partial charge < -0.3 is 5.32 Å². The van der Waals surface area contributed by atoms with Gasteiger partial charge in [-0.1, -0.05) is 48.5 Å². The molecule has 0 aliphatic carbocycles. The highest BCUT2D eigenvalue weighted by molar-refractivity contribution is 7.86. The van der Waals surface area contributed by atoms with Crippen LogP contribution in [0.4, 0.5) is 28.7 Å². The van der Waals surface area contributed by atoms with E-state index in [2.05, 4.69) is 40.7 Å². The monoisotopic (exact) mass is 948 g/mol. The Morgan fingerprint density at radius 1 is 0.500 bits per heavy atom. The van der Waals surface area contributed by atoms with Gasteiger partial charge in [-0.05, 0) is 65.7 Å². The normalized spacial score (nSPS) is 12.3. The van der Waals surface area contributed by atoms with Gasteiger partial charge in [-0.15, -0.1) is 12.6 Å². The summed E-state index contributed by atoms with van der Waals surface area (Å²) in [5.74, 6) is -1.22. The third-order valence-corrected chi connectivity index (χ3v) is 11.1. The quantitative estimate of drug-likeness (QED) is 0.0705. The first-order valence-electron chi connectivity index (χ1n) is 16.7. The highest BCUT2D eigenvalue weighted by atomic mass is 32.2. The molecule has 5 aromatic carbocycles. The number of azo groups is 2. The maximum absolute atomic E-state index is 12.4. The van der Waals surface area contributed by atoms with Crippen LogP contribution in [-0.2, 0) is 63.9 Å². The summed E-state index contributed by atoms with van der Waals surface area (Å²) in [7, 11) is -22.1. The van der Waals surface area contributed by atoms with Gasteiger partial charge in [-0.2, -0.15) is 64.1 Å². The van der Waals surface area contributed by atoms with Gasteiger partial charge in [0.05, 0.1) is 27.6 Å². The fraction of sp³-hybridized carbons (Fsp3) is 0.0882. The number of hydrogen-bond acceptors (Lipinski definition) is 19. The zero-order chi connectivity index (χ0) is 45.5. The van der Waals surface area contributed by atoms with E-state index in [0.29, 0.717) is 11.3 Å². The molecular weight excluding hydrogens is 921 g/mol.